The highest BCUT2D eigenvalue weighted by Crippen LogP contribution is 2.27. The molecule has 2 unspecified atom stereocenters. The zero-order valence-corrected chi connectivity index (χ0v) is 6.55. The molecular formula is C10H10O2. The van der Waals surface area contributed by atoms with Crippen molar-refractivity contribution in [1.29, 1.82) is 0 Å². The van der Waals surface area contributed by atoms with Crippen LogP contribution in [0.4, 0.5) is 0 Å². The van der Waals surface area contributed by atoms with E-state index in [9.17, 15) is 0 Å². The summed E-state index contributed by atoms with van der Waals surface area (Å²) in [7, 11) is 0. The minimum Gasteiger partial charge on any atom is -0.366 e. The first-order chi connectivity index (χ1) is 5.88. The van der Waals surface area contributed by atoms with Gasteiger partial charge in [0.25, 0.3) is 0 Å². The molecule has 1 saturated heterocycles. The van der Waals surface area contributed by atoms with Crippen LogP contribution in [0.5, 0.6) is 0 Å². The number of aliphatic hydroxyl groups excluding tert-OH is 1. The number of epoxide rings is 1. The Morgan fingerprint density at radius 2 is 1.75 bits per heavy atom. The van der Waals surface area contributed by atoms with E-state index in [1.54, 1.807) is 0 Å². The SMILES string of the molecule is OC1OC1C1=CC=CC=CC=C1. The fraction of sp³-hybridized carbons (Fsp3) is 0.200. The van der Waals surface area contributed by atoms with Gasteiger partial charge in [0.05, 0.1) is 0 Å². The monoisotopic (exact) mass is 162 g/mol. The second-order valence-electron chi connectivity index (χ2n) is 2.74. The summed E-state index contributed by atoms with van der Waals surface area (Å²) in [6, 6.07) is 0. The van der Waals surface area contributed by atoms with Crippen LogP contribution in [-0.2, 0) is 4.74 Å². The molecule has 2 nitrogen and oxygen atoms in total. The van der Waals surface area contributed by atoms with E-state index in [2.05, 4.69) is 0 Å². The summed E-state index contributed by atoms with van der Waals surface area (Å²) in [4.78, 5) is 0. The van der Waals surface area contributed by atoms with Crippen molar-refractivity contribution >= 4 is 0 Å². The van der Waals surface area contributed by atoms with Crippen LogP contribution in [0.1, 0.15) is 0 Å². The van der Waals surface area contributed by atoms with E-state index in [4.69, 9.17) is 9.84 Å². The minimum absolute atomic E-state index is 0.114. The Bertz CT molecular complexity index is 284. The highest BCUT2D eigenvalue weighted by atomic mass is 16.7. The van der Waals surface area contributed by atoms with Crippen LogP contribution >= 0.6 is 0 Å². The fourth-order valence-electron chi connectivity index (χ4n) is 1.12. The maximum atomic E-state index is 9.00. The van der Waals surface area contributed by atoms with Gasteiger partial charge in [-0.3, -0.25) is 0 Å². The van der Waals surface area contributed by atoms with Crippen LogP contribution in [0, 0.1) is 0 Å². The third-order valence-electron chi connectivity index (χ3n) is 1.82. The molecule has 0 saturated carbocycles. The number of ether oxygens (including phenoxy) is 1. The van der Waals surface area contributed by atoms with Crippen molar-refractivity contribution in [2.45, 2.75) is 12.4 Å². The predicted octanol–water partition coefficient (Wildman–Crippen LogP) is 1.31. The van der Waals surface area contributed by atoms with Gasteiger partial charge in [0.15, 0.2) is 6.29 Å². The zero-order chi connectivity index (χ0) is 8.39. The molecule has 0 aromatic heterocycles. The van der Waals surface area contributed by atoms with Crippen LogP contribution in [0.15, 0.2) is 48.1 Å². The molecule has 62 valence electrons. The first-order valence-corrected chi connectivity index (χ1v) is 3.93. The molecular weight excluding hydrogens is 152 g/mol. The van der Waals surface area contributed by atoms with Crippen molar-refractivity contribution in [3.63, 3.8) is 0 Å². The van der Waals surface area contributed by atoms with Crippen LogP contribution in [0.2, 0.25) is 0 Å². The Balaban J connectivity index is 2.13. The van der Waals surface area contributed by atoms with Gasteiger partial charge in [0.1, 0.15) is 6.10 Å². The lowest BCUT2D eigenvalue weighted by molar-refractivity contribution is 0.156. The van der Waals surface area contributed by atoms with Crippen LogP contribution < -0.4 is 0 Å². The molecule has 1 aliphatic carbocycles. The maximum absolute atomic E-state index is 9.00. The highest BCUT2D eigenvalue weighted by molar-refractivity contribution is 5.35. The Morgan fingerprint density at radius 1 is 1.08 bits per heavy atom. The molecule has 1 aliphatic heterocycles. The normalized spacial score (nSPS) is 32.6. The first kappa shape index (κ1) is 7.53. The Morgan fingerprint density at radius 3 is 2.50 bits per heavy atom. The molecule has 0 bridgehead atoms. The summed E-state index contributed by atoms with van der Waals surface area (Å²) in [5, 5.41) is 9.00. The molecule has 2 heteroatoms. The molecule has 2 aliphatic rings. The van der Waals surface area contributed by atoms with Gasteiger partial charge in [-0.15, -0.1) is 0 Å². The van der Waals surface area contributed by atoms with Crippen molar-refractivity contribution in [1.82, 2.24) is 0 Å². The zero-order valence-electron chi connectivity index (χ0n) is 6.55. The number of hydrogen-bond acceptors (Lipinski definition) is 2. The van der Waals surface area contributed by atoms with E-state index < -0.39 is 6.29 Å². The third-order valence-corrected chi connectivity index (χ3v) is 1.82. The number of rotatable bonds is 1. The summed E-state index contributed by atoms with van der Waals surface area (Å²) < 4.78 is 4.93. The summed E-state index contributed by atoms with van der Waals surface area (Å²) in [6.45, 7) is 0. The molecule has 0 amide bonds. The molecule has 0 aromatic rings. The Labute approximate surface area is 71.2 Å². The summed E-state index contributed by atoms with van der Waals surface area (Å²) in [5.74, 6) is 0. The molecule has 1 heterocycles. The Hall–Kier alpha value is -1.12. The summed E-state index contributed by atoms with van der Waals surface area (Å²) in [5.41, 5.74) is 1.02. The second-order valence-corrected chi connectivity index (χ2v) is 2.74. The van der Waals surface area contributed by atoms with E-state index >= 15 is 0 Å². The van der Waals surface area contributed by atoms with Gasteiger partial charge in [0.2, 0.25) is 0 Å². The van der Waals surface area contributed by atoms with Crippen molar-refractivity contribution in [2.75, 3.05) is 0 Å². The predicted molar refractivity (Wildman–Crippen MR) is 46.4 cm³/mol. The van der Waals surface area contributed by atoms with Crippen molar-refractivity contribution in [3.05, 3.63) is 48.1 Å². The molecule has 12 heavy (non-hydrogen) atoms. The number of allylic oxidation sites excluding steroid dienone is 6. The average Bonchev–Trinajstić information content (AvgIpc) is 2.65. The lowest BCUT2D eigenvalue weighted by atomic mass is 10.1. The molecule has 1 N–H and O–H groups in total. The smallest absolute Gasteiger partial charge is 0.186 e. The van der Waals surface area contributed by atoms with E-state index in [1.165, 1.54) is 0 Å². The second kappa shape index (κ2) is 3.09. The molecule has 1 fully saturated rings. The van der Waals surface area contributed by atoms with Crippen LogP contribution in [-0.4, -0.2) is 17.5 Å². The van der Waals surface area contributed by atoms with E-state index in [0.29, 0.717) is 0 Å². The highest BCUT2D eigenvalue weighted by Gasteiger charge is 2.38. The van der Waals surface area contributed by atoms with Gasteiger partial charge >= 0.3 is 0 Å². The van der Waals surface area contributed by atoms with Crippen molar-refractivity contribution in [3.8, 4) is 0 Å². The van der Waals surface area contributed by atoms with E-state index in [-0.39, 0.29) is 6.10 Å². The fourth-order valence-corrected chi connectivity index (χ4v) is 1.12. The third kappa shape index (κ3) is 1.55. The standard InChI is InChI=1S/C10H10O2/c11-10-9(12-10)8-6-4-2-1-3-5-7-8/h1-7,9-11H. The quantitative estimate of drug-likeness (QED) is 0.590. The maximum Gasteiger partial charge on any atom is 0.186 e. The largest absolute Gasteiger partial charge is 0.366 e. The molecule has 2 rings (SSSR count). The lowest BCUT2D eigenvalue weighted by Gasteiger charge is -1.94. The van der Waals surface area contributed by atoms with Crippen molar-refractivity contribution in [2.24, 2.45) is 0 Å². The Kier molecular flexibility index (Phi) is 1.94. The first-order valence-electron chi connectivity index (χ1n) is 3.93. The van der Waals surface area contributed by atoms with Crippen molar-refractivity contribution < 1.29 is 9.84 Å². The minimum atomic E-state index is -0.599. The van der Waals surface area contributed by atoms with Gasteiger partial charge in [-0.05, 0) is 5.57 Å². The molecule has 0 radical (unpaired) electrons. The summed E-state index contributed by atoms with van der Waals surface area (Å²) >= 11 is 0. The van der Waals surface area contributed by atoms with Gasteiger partial charge in [-0.25, -0.2) is 0 Å². The van der Waals surface area contributed by atoms with Gasteiger partial charge in [0, 0.05) is 0 Å². The van der Waals surface area contributed by atoms with E-state index in [1.807, 2.05) is 42.5 Å². The van der Waals surface area contributed by atoms with Crippen LogP contribution in [0.3, 0.4) is 0 Å². The number of hydrogen-bond donors (Lipinski definition) is 1. The lowest BCUT2D eigenvalue weighted by Crippen LogP contribution is -1.94. The average molecular weight is 162 g/mol. The molecule has 0 aromatic carbocycles. The van der Waals surface area contributed by atoms with Gasteiger partial charge < -0.3 is 9.84 Å². The van der Waals surface area contributed by atoms with Gasteiger partial charge in [-0.2, -0.15) is 0 Å². The topological polar surface area (TPSA) is 32.8 Å². The van der Waals surface area contributed by atoms with E-state index in [0.717, 1.165) is 5.57 Å². The number of aliphatic hydroxyl groups is 1. The molecule has 0 spiro atoms. The van der Waals surface area contributed by atoms with Gasteiger partial charge in [-0.1, -0.05) is 42.5 Å². The summed E-state index contributed by atoms with van der Waals surface area (Å²) in [6.07, 6.45) is 12.9. The van der Waals surface area contributed by atoms with Crippen LogP contribution in [0.25, 0.3) is 0 Å². The molecule has 2 atom stereocenters.